The van der Waals surface area contributed by atoms with Crippen LogP contribution in [0.15, 0.2) is 24.3 Å². The lowest BCUT2D eigenvalue weighted by Crippen LogP contribution is -2.30. The van der Waals surface area contributed by atoms with Crippen molar-refractivity contribution in [1.82, 2.24) is 9.80 Å². The molecule has 6 nitrogen and oxygen atoms in total. The highest BCUT2D eigenvalue weighted by Gasteiger charge is 2.42. The van der Waals surface area contributed by atoms with Crippen molar-refractivity contribution < 1.29 is 18.9 Å². The zero-order valence-electron chi connectivity index (χ0n) is 12.4. The van der Waals surface area contributed by atoms with Gasteiger partial charge in [0.05, 0.1) is 26.4 Å². The van der Waals surface area contributed by atoms with E-state index in [-0.39, 0.29) is 24.9 Å². The van der Waals surface area contributed by atoms with E-state index in [2.05, 4.69) is 34.1 Å². The van der Waals surface area contributed by atoms with Crippen molar-refractivity contribution in [3.05, 3.63) is 35.4 Å². The molecule has 1 aromatic rings. The van der Waals surface area contributed by atoms with Gasteiger partial charge in [0.25, 0.3) is 0 Å². The molecule has 6 heteroatoms. The van der Waals surface area contributed by atoms with Crippen LogP contribution in [0.4, 0.5) is 0 Å². The van der Waals surface area contributed by atoms with E-state index in [1.807, 2.05) is 0 Å². The third kappa shape index (κ3) is 3.03. The fourth-order valence-corrected chi connectivity index (χ4v) is 2.96. The van der Waals surface area contributed by atoms with Crippen LogP contribution in [-0.2, 0) is 32.0 Å². The van der Waals surface area contributed by atoms with E-state index in [1.165, 1.54) is 11.1 Å². The van der Waals surface area contributed by atoms with Crippen LogP contribution in [0.3, 0.4) is 0 Å². The van der Waals surface area contributed by atoms with E-state index in [1.54, 1.807) is 0 Å². The predicted octanol–water partition coefficient (Wildman–Crippen LogP) is 0.716. The van der Waals surface area contributed by atoms with Gasteiger partial charge in [-0.05, 0) is 11.1 Å². The highest BCUT2D eigenvalue weighted by Crippen LogP contribution is 2.29. The third-order valence-electron chi connectivity index (χ3n) is 4.46. The molecule has 0 spiro atoms. The largest absolute Gasteiger partial charge is 0.356 e. The summed E-state index contributed by atoms with van der Waals surface area (Å²) in [5, 5.41) is 0. The van der Waals surface area contributed by atoms with Crippen molar-refractivity contribution in [2.45, 2.75) is 38.0 Å². The maximum atomic E-state index is 5.42. The first kappa shape index (κ1) is 13.4. The summed E-state index contributed by atoms with van der Waals surface area (Å²) in [6.45, 7) is 5.06. The number of nitrogens with zero attached hydrogens (tertiary/aromatic N) is 2. The first-order chi connectivity index (χ1) is 10.9. The molecule has 0 saturated carbocycles. The van der Waals surface area contributed by atoms with Gasteiger partial charge in [0, 0.05) is 13.1 Å². The minimum absolute atomic E-state index is 0.243. The quantitative estimate of drug-likeness (QED) is 0.660. The highest BCUT2D eigenvalue weighted by atomic mass is 16.6. The van der Waals surface area contributed by atoms with E-state index < -0.39 is 0 Å². The Kier molecular flexibility index (Phi) is 3.21. The Morgan fingerprint density at radius 3 is 1.41 bits per heavy atom. The minimum atomic E-state index is 0.243. The lowest BCUT2D eigenvalue weighted by Gasteiger charge is -2.20. The predicted molar refractivity (Wildman–Crippen MR) is 76.5 cm³/mol. The van der Waals surface area contributed by atoms with Crippen LogP contribution in [0.25, 0.3) is 0 Å². The van der Waals surface area contributed by atoms with Crippen molar-refractivity contribution in [2.75, 3.05) is 26.4 Å². The summed E-state index contributed by atoms with van der Waals surface area (Å²) >= 11 is 0. The third-order valence-corrected chi connectivity index (χ3v) is 4.46. The lowest BCUT2D eigenvalue weighted by atomic mass is 10.1. The Hall–Kier alpha value is -1.02. The van der Waals surface area contributed by atoms with Crippen molar-refractivity contribution in [1.29, 1.82) is 0 Å². The molecule has 0 N–H and O–H groups in total. The molecule has 4 atom stereocenters. The Labute approximate surface area is 129 Å². The van der Waals surface area contributed by atoms with Gasteiger partial charge >= 0.3 is 0 Å². The Morgan fingerprint density at radius 2 is 1.09 bits per heavy atom. The fourth-order valence-electron chi connectivity index (χ4n) is 2.96. The Morgan fingerprint density at radius 1 is 0.727 bits per heavy atom. The summed E-state index contributed by atoms with van der Waals surface area (Å²) in [5.74, 6) is 0. The monoisotopic (exact) mass is 304 g/mol. The van der Waals surface area contributed by atoms with Crippen molar-refractivity contribution >= 4 is 0 Å². The molecule has 4 aliphatic rings. The van der Waals surface area contributed by atoms with Crippen LogP contribution in [-0.4, -0.2) is 61.1 Å². The zero-order chi connectivity index (χ0) is 14.5. The molecule has 4 saturated heterocycles. The van der Waals surface area contributed by atoms with E-state index in [4.69, 9.17) is 18.9 Å². The van der Waals surface area contributed by atoms with Crippen LogP contribution in [0, 0.1) is 0 Å². The van der Waals surface area contributed by atoms with Gasteiger partial charge in [-0.2, -0.15) is 0 Å². The number of benzene rings is 1. The van der Waals surface area contributed by atoms with Gasteiger partial charge in [0.15, 0.2) is 0 Å². The number of hydrogen-bond acceptors (Lipinski definition) is 6. The van der Waals surface area contributed by atoms with Gasteiger partial charge in [-0.3, -0.25) is 0 Å². The zero-order valence-corrected chi connectivity index (χ0v) is 12.4. The lowest BCUT2D eigenvalue weighted by molar-refractivity contribution is 0.104. The van der Waals surface area contributed by atoms with Gasteiger partial charge in [-0.25, -0.2) is 9.80 Å². The molecule has 0 radical (unpaired) electrons. The number of rotatable bonds is 8. The van der Waals surface area contributed by atoms with Gasteiger partial charge in [-0.15, -0.1) is 0 Å². The number of epoxide rings is 4. The van der Waals surface area contributed by atoms with E-state index in [0.29, 0.717) is 0 Å². The molecular formula is C16H20N2O4. The van der Waals surface area contributed by atoms with Crippen LogP contribution in [0.5, 0.6) is 0 Å². The summed E-state index contributed by atoms with van der Waals surface area (Å²) < 4.78 is 21.7. The molecule has 22 heavy (non-hydrogen) atoms. The summed E-state index contributed by atoms with van der Waals surface area (Å²) in [7, 11) is 0. The number of hydrogen-bond donors (Lipinski definition) is 0. The molecule has 118 valence electrons. The topological polar surface area (TPSA) is 56.6 Å². The van der Waals surface area contributed by atoms with Crippen molar-refractivity contribution in [2.24, 2.45) is 0 Å². The molecule has 4 unspecified atom stereocenters. The van der Waals surface area contributed by atoms with Crippen molar-refractivity contribution in [3.63, 3.8) is 0 Å². The van der Waals surface area contributed by atoms with Crippen LogP contribution < -0.4 is 0 Å². The van der Waals surface area contributed by atoms with Crippen LogP contribution in [0.1, 0.15) is 11.1 Å². The second-order valence-corrected chi connectivity index (χ2v) is 6.32. The fraction of sp³-hybridized carbons (Fsp3) is 0.625. The summed E-state index contributed by atoms with van der Waals surface area (Å²) in [4.78, 5) is 4.59. The van der Waals surface area contributed by atoms with Gasteiger partial charge in [-0.1, -0.05) is 24.3 Å². The molecule has 4 aliphatic heterocycles. The molecule has 1 aromatic carbocycles. The van der Waals surface area contributed by atoms with Crippen LogP contribution in [0.2, 0.25) is 0 Å². The SMILES string of the molecule is c1cc(CN(C2CO2)C2CO2)cc(CN(C2CO2)C2CO2)c1. The van der Waals surface area contributed by atoms with E-state index >= 15 is 0 Å². The average Bonchev–Trinajstić information content (AvgIpc) is 3.40. The van der Waals surface area contributed by atoms with Crippen LogP contribution >= 0.6 is 0 Å². The van der Waals surface area contributed by atoms with Gasteiger partial charge < -0.3 is 18.9 Å². The Balaban J connectivity index is 1.27. The summed E-state index contributed by atoms with van der Waals surface area (Å²) in [6.07, 6.45) is 0.972. The number of ether oxygens (including phenoxy) is 4. The molecule has 4 heterocycles. The second kappa shape index (κ2) is 5.26. The molecular weight excluding hydrogens is 284 g/mol. The molecule has 5 rings (SSSR count). The average molecular weight is 304 g/mol. The molecule has 0 aliphatic carbocycles. The maximum absolute atomic E-state index is 5.42. The molecule has 0 bridgehead atoms. The first-order valence-corrected chi connectivity index (χ1v) is 7.92. The molecule has 0 amide bonds. The smallest absolute Gasteiger partial charge is 0.136 e. The molecule has 0 aromatic heterocycles. The Bertz CT molecular complexity index is 484. The van der Waals surface area contributed by atoms with E-state index in [9.17, 15) is 0 Å². The van der Waals surface area contributed by atoms with Gasteiger partial charge in [0.2, 0.25) is 0 Å². The van der Waals surface area contributed by atoms with Gasteiger partial charge in [0.1, 0.15) is 24.9 Å². The standard InChI is InChI=1S/C16H20N2O4/c1-2-11(5-17(13-7-19-13)14-8-20-14)4-12(3-1)6-18(15-9-21-15)16-10-22-16/h1-4,13-16H,5-10H2. The minimum Gasteiger partial charge on any atom is -0.356 e. The summed E-state index contributed by atoms with van der Waals surface area (Å²) in [5.41, 5.74) is 2.61. The highest BCUT2D eigenvalue weighted by molar-refractivity contribution is 5.24. The van der Waals surface area contributed by atoms with Crippen molar-refractivity contribution in [3.8, 4) is 0 Å². The first-order valence-electron chi connectivity index (χ1n) is 7.92. The maximum Gasteiger partial charge on any atom is 0.136 e. The molecule has 4 fully saturated rings. The summed E-state index contributed by atoms with van der Waals surface area (Å²) in [6, 6.07) is 8.75. The van der Waals surface area contributed by atoms with E-state index in [0.717, 1.165) is 39.5 Å². The normalized spacial score (nSPS) is 35.0. The second-order valence-electron chi connectivity index (χ2n) is 6.32.